The van der Waals surface area contributed by atoms with Crippen molar-refractivity contribution < 1.29 is 8.91 Å². The summed E-state index contributed by atoms with van der Waals surface area (Å²) in [6.45, 7) is 5.86. The molecule has 1 aromatic heterocycles. The van der Waals surface area contributed by atoms with Gasteiger partial charge in [-0.05, 0) is 49.8 Å². The fourth-order valence-electron chi connectivity index (χ4n) is 2.43. The number of aliphatic imine (C=N–C) groups is 1. The Morgan fingerprint density at radius 3 is 2.85 bits per heavy atom. The van der Waals surface area contributed by atoms with Gasteiger partial charge >= 0.3 is 0 Å². The van der Waals surface area contributed by atoms with E-state index in [0.29, 0.717) is 18.3 Å². The Balaban J connectivity index is 1.89. The molecular weight excluding hydrogens is 353 g/mol. The molecule has 0 fully saturated rings. The Labute approximate surface area is 158 Å². The summed E-state index contributed by atoms with van der Waals surface area (Å²) < 4.78 is 18.6. The number of nitrogens with zero attached hydrogens (tertiary/aromatic N) is 3. The van der Waals surface area contributed by atoms with Crippen LogP contribution in [0.2, 0.25) is 0 Å². The van der Waals surface area contributed by atoms with E-state index < -0.39 is 0 Å². The highest BCUT2D eigenvalue weighted by molar-refractivity contribution is 7.97. The van der Waals surface area contributed by atoms with Gasteiger partial charge in [0, 0.05) is 25.3 Å². The first-order chi connectivity index (χ1) is 12.6. The molecule has 6 nitrogen and oxygen atoms in total. The van der Waals surface area contributed by atoms with E-state index in [0.717, 1.165) is 48.8 Å². The summed E-state index contributed by atoms with van der Waals surface area (Å²) in [7, 11) is 0. The summed E-state index contributed by atoms with van der Waals surface area (Å²) in [6.07, 6.45) is 3.60. The topological polar surface area (TPSA) is 75.3 Å². The van der Waals surface area contributed by atoms with E-state index in [-0.39, 0.29) is 5.82 Å². The molecule has 0 aliphatic rings. The van der Waals surface area contributed by atoms with Crippen LogP contribution in [-0.4, -0.2) is 35.4 Å². The second kappa shape index (κ2) is 10.8. The molecule has 0 aliphatic heterocycles. The van der Waals surface area contributed by atoms with Gasteiger partial charge in [0.25, 0.3) is 0 Å². The van der Waals surface area contributed by atoms with E-state index in [4.69, 9.17) is 4.52 Å². The molecule has 0 spiro atoms. The molecule has 0 bridgehead atoms. The van der Waals surface area contributed by atoms with E-state index >= 15 is 0 Å². The molecular formula is C18H26FN5OS. The average molecular weight is 380 g/mol. The smallest absolute Gasteiger partial charge is 0.226 e. The summed E-state index contributed by atoms with van der Waals surface area (Å²) in [5.74, 6) is 2.62. The van der Waals surface area contributed by atoms with Gasteiger partial charge in [0.2, 0.25) is 5.89 Å². The second-order valence-corrected chi connectivity index (χ2v) is 6.67. The highest BCUT2D eigenvalue weighted by atomic mass is 32.2. The highest BCUT2D eigenvalue weighted by Crippen LogP contribution is 2.17. The number of thioether (sulfide) groups is 1. The van der Waals surface area contributed by atoms with Gasteiger partial charge in [-0.25, -0.2) is 9.38 Å². The van der Waals surface area contributed by atoms with E-state index in [1.807, 2.05) is 26.2 Å². The van der Waals surface area contributed by atoms with Gasteiger partial charge in [-0.3, -0.25) is 0 Å². The Hall–Kier alpha value is -2.09. The summed E-state index contributed by atoms with van der Waals surface area (Å²) in [6, 6.07) is 4.89. The summed E-state index contributed by atoms with van der Waals surface area (Å²) in [5.41, 5.74) is 2.03. The lowest BCUT2D eigenvalue weighted by Crippen LogP contribution is -2.37. The minimum Gasteiger partial charge on any atom is -0.357 e. The lowest BCUT2D eigenvalue weighted by atomic mass is 10.1. The molecule has 0 radical (unpaired) electrons. The van der Waals surface area contributed by atoms with Crippen LogP contribution in [-0.2, 0) is 18.7 Å². The van der Waals surface area contributed by atoms with Gasteiger partial charge in [-0.15, -0.1) is 0 Å². The van der Waals surface area contributed by atoms with E-state index in [9.17, 15) is 4.39 Å². The van der Waals surface area contributed by atoms with Crippen molar-refractivity contribution in [2.75, 3.05) is 19.3 Å². The molecule has 1 heterocycles. The van der Waals surface area contributed by atoms with Crippen molar-refractivity contribution in [1.82, 2.24) is 20.8 Å². The largest absolute Gasteiger partial charge is 0.357 e. The third-order valence-electron chi connectivity index (χ3n) is 3.65. The third-order valence-corrected chi connectivity index (χ3v) is 4.25. The Morgan fingerprint density at radius 1 is 1.31 bits per heavy atom. The molecule has 0 unspecified atom stereocenters. The molecule has 1 aromatic carbocycles. The number of aryl methyl sites for hydroxylation is 2. The summed E-state index contributed by atoms with van der Waals surface area (Å²) in [5, 5.41) is 10.3. The zero-order valence-corrected chi connectivity index (χ0v) is 16.3. The summed E-state index contributed by atoms with van der Waals surface area (Å²) in [4.78, 5) is 8.81. The molecule has 142 valence electrons. The lowest BCUT2D eigenvalue weighted by Gasteiger charge is -2.12. The number of halogens is 1. The molecule has 2 rings (SSSR count). The van der Waals surface area contributed by atoms with E-state index in [1.165, 1.54) is 6.07 Å². The standard InChI is InChI=1S/C18H26FN5OS/c1-4-20-18(21-9-5-6-17-23-13(2)24-25-17)22-11-14-7-8-16(19)10-15(14)12-26-3/h7-8,10H,4-6,9,11-12H2,1-3H3,(H2,20,21,22). The van der Waals surface area contributed by atoms with Crippen molar-refractivity contribution in [1.29, 1.82) is 0 Å². The fourth-order valence-corrected chi connectivity index (χ4v) is 3.01. The third kappa shape index (κ3) is 6.67. The first-order valence-corrected chi connectivity index (χ1v) is 10.1. The van der Waals surface area contributed by atoms with Crippen LogP contribution < -0.4 is 10.6 Å². The maximum atomic E-state index is 13.5. The fraction of sp³-hybridized carbons (Fsp3) is 0.500. The molecule has 2 aromatic rings. The van der Waals surface area contributed by atoms with Crippen LogP contribution in [0, 0.1) is 12.7 Å². The monoisotopic (exact) mass is 379 g/mol. The molecule has 8 heteroatoms. The van der Waals surface area contributed by atoms with Gasteiger partial charge in [0.05, 0.1) is 6.54 Å². The van der Waals surface area contributed by atoms with Crippen LogP contribution >= 0.6 is 11.8 Å². The molecule has 0 saturated heterocycles. The molecule has 0 amide bonds. The number of guanidine groups is 1. The van der Waals surface area contributed by atoms with Crippen molar-refractivity contribution in [2.45, 2.75) is 39.0 Å². The average Bonchev–Trinajstić information content (AvgIpc) is 3.03. The molecule has 0 saturated carbocycles. The van der Waals surface area contributed by atoms with Crippen LogP contribution in [0.15, 0.2) is 27.7 Å². The quantitative estimate of drug-likeness (QED) is 0.396. The van der Waals surface area contributed by atoms with E-state index in [1.54, 1.807) is 17.8 Å². The van der Waals surface area contributed by atoms with Crippen molar-refractivity contribution in [3.8, 4) is 0 Å². The van der Waals surface area contributed by atoms with Gasteiger partial charge in [-0.2, -0.15) is 16.7 Å². The Kier molecular flexibility index (Phi) is 8.40. The maximum Gasteiger partial charge on any atom is 0.226 e. The van der Waals surface area contributed by atoms with Crippen molar-refractivity contribution in [3.05, 3.63) is 46.9 Å². The summed E-state index contributed by atoms with van der Waals surface area (Å²) >= 11 is 1.67. The van der Waals surface area contributed by atoms with E-state index in [2.05, 4.69) is 25.8 Å². The van der Waals surface area contributed by atoms with Crippen molar-refractivity contribution >= 4 is 17.7 Å². The number of nitrogens with one attached hydrogen (secondary N) is 2. The van der Waals surface area contributed by atoms with Crippen molar-refractivity contribution in [3.63, 3.8) is 0 Å². The normalized spacial score (nSPS) is 11.6. The highest BCUT2D eigenvalue weighted by Gasteiger charge is 2.06. The van der Waals surface area contributed by atoms with Crippen LogP contribution in [0.4, 0.5) is 4.39 Å². The Bertz CT molecular complexity index is 719. The SMILES string of the molecule is CCNC(=NCc1ccc(F)cc1CSC)NCCCc1nc(C)no1. The predicted molar refractivity (Wildman–Crippen MR) is 104 cm³/mol. The first kappa shape index (κ1) is 20.2. The minimum atomic E-state index is -0.205. The number of hydrogen-bond acceptors (Lipinski definition) is 5. The number of benzene rings is 1. The zero-order valence-electron chi connectivity index (χ0n) is 15.5. The van der Waals surface area contributed by atoms with Gasteiger partial charge in [0.15, 0.2) is 11.8 Å². The zero-order chi connectivity index (χ0) is 18.8. The predicted octanol–water partition coefficient (Wildman–Crippen LogP) is 3.07. The van der Waals surface area contributed by atoms with Gasteiger partial charge in [0.1, 0.15) is 5.82 Å². The first-order valence-electron chi connectivity index (χ1n) is 8.70. The molecule has 2 N–H and O–H groups in total. The van der Waals surface area contributed by atoms with Crippen LogP contribution in [0.25, 0.3) is 0 Å². The second-order valence-electron chi connectivity index (χ2n) is 5.81. The van der Waals surface area contributed by atoms with Crippen molar-refractivity contribution in [2.24, 2.45) is 4.99 Å². The minimum absolute atomic E-state index is 0.205. The van der Waals surface area contributed by atoms with Gasteiger partial charge < -0.3 is 15.2 Å². The lowest BCUT2D eigenvalue weighted by molar-refractivity contribution is 0.372. The molecule has 0 aliphatic carbocycles. The number of hydrogen-bond donors (Lipinski definition) is 2. The number of rotatable bonds is 9. The maximum absolute atomic E-state index is 13.5. The van der Waals surface area contributed by atoms with Crippen LogP contribution in [0.5, 0.6) is 0 Å². The molecule has 26 heavy (non-hydrogen) atoms. The number of aromatic nitrogens is 2. The van der Waals surface area contributed by atoms with Gasteiger partial charge in [-0.1, -0.05) is 11.2 Å². The molecule has 0 atom stereocenters. The van der Waals surface area contributed by atoms with Crippen LogP contribution in [0.1, 0.15) is 36.2 Å². The Morgan fingerprint density at radius 2 is 2.15 bits per heavy atom. The van der Waals surface area contributed by atoms with Crippen LogP contribution in [0.3, 0.4) is 0 Å².